The van der Waals surface area contributed by atoms with Crippen LogP contribution in [0.1, 0.15) is 30.3 Å². The molecule has 0 aromatic carbocycles. The van der Waals surface area contributed by atoms with Crippen LogP contribution in [0.2, 0.25) is 0 Å². The van der Waals surface area contributed by atoms with Crippen LogP contribution in [0.5, 0.6) is 0 Å². The third kappa shape index (κ3) is 3.07. The number of carbonyl (C=O) groups excluding carboxylic acids is 1. The maximum atomic E-state index is 12.0. The molecule has 3 rings (SSSR count). The molecule has 6 nitrogen and oxygen atoms in total. The highest BCUT2D eigenvalue weighted by molar-refractivity contribution is 5.92. The second-order valence-corrected chi connectivity index (χ2v) is 5.41. The summed E-state index contributed by atoms with van der Waals surface area (Å²) >= 11 is 0. The summed E-state index contributed by atoms with van der Waals surface area (Å²) in [4.78, 5) is 25.3. The average Bonchev–Trinajstić information content (AvgIpc) is 3.31. The molecule has 1 aliphatic carbocycles. The number of carbonyl (C=O) groups is 1. The number of hydrogen-bond acceptors (Lipinski definition) is 5. The summed E-state index contributed by atoms with van der Waals surface area (Å²) < 4.78 is 0. The van der Waals surface area contributed by atoms with Crippen LogP contribution < -0.4 is 10.2 Å². The fraction of sp³-hybridized carbons (Fsp3) is 0.643. The van der Waals surface area contributed by atoms with Crippen molar-refractivity contribution in [1.29, 1.82) is 0 Å². The quantitative estimate of drug-likeness (QED) is 0.867. The van der Waals surface area contributed by atoms with Crippen LogP contribution in [-0.4, -0.2) is 59.5 Å². The monoisotopic (exact) mass is 275 g/mol. The Morgan fingerprint density at radius 1 is 1.35 bits per heavy atom. The van der Waals surface area contributed by atoms with Crippen LogP contribution in [0, 0.1) is 0 Å². The van der Waals surface area contributed by atoms with Crippen molar-refractivity contribution >= 4 is 11.9 Å². The number of nitrogens with one attached hydrogen (secondary N) is 1. The Bertz CT molecular complexity index is 480. The molecular weight excluding hydrogens is 254 g/mol. The maximum absolute atomic E-state index is 12.0. The van der Waals surface area contributed by atoms with Gasteiger partial charge in [0.1, 0.15) is 5.69 Å². The zero-order valence-electron chi connectivity index (χ0n) is 11.9. The predicted octanol–water partition coefficient (Wildman–Crippen LogP) is 0.511. The Kier molecular flexibility index (Phi) is 3.82. The van der Waals surface area contributed by atoms with Crippen LogP contribution in [-0.2, 0) is 0 Å². The lowest BCUT2D eigenvalue weighted by Gasteiger charge is -2.34. The third-order valence-corrected chi connectivity index (χ3v) is 3.89. The van der Waals surface area contributed by atoms with Gasteiger partial charge in [0.15, 0.2) is 0 Å². The zero-order valence-corrected chi connectivity index (χ0v) is 11.9. The van der Waals surface area contributed by atoms with Crippen molar-refractivity contribution in [3.63, 3.8) is 0 Å². The Balaban J connectivity index is 1.66. The van der Waals surface area contributed by atoms with Crippen LogP contribution in [0.25, 0.3) is 0 Å². The molecule has 6 heteroatoms. The first kappa shape index (κ1) is 13.3. The predicted molar refractivity (Wildman–Crippen MR) is 76.8 cm³/mol. The molecule has 1 aromatic heterocycles. The highest BCUT2D eigenvalue weighted by Crippen LogP contribution is 2.19. The van der Waals surface area contributed by atoms with Crippen LogP contribution in [0.3, 0.4) is 0 Å². The summed E-state index contributed by atoms with van der Waals surface area (Å²) in [5.41, 5.74) is 0.472. The van der Waals surface area contributed by atoms with E-state index in [0.717, 1.165) is 45.6 Å². The lowest BCUT2D eigenvalue weighted by Crippen LogP contribution is -2.46. The molecule has 0 spiro atoms. The van der Waals surface area contributed by atoms with Crippen LogP contribution in [0.4, 0.5) is 5.95 Å². The number of aromatic nitrogens is 2. The number of likely N-dealkylation sites (N-methyl/N-ethyl adjacent to an activating group) is 1. The molecule has 1 amide bonds. The van der Waals surface area contributed by atoms with E-state index in [1.165, 1.54) is 0 Å². The van der Waals surface area contributed by atoms with Crippen molar-refractivity contribution in [2.45, 2.75) is 25.8 Å². The normalized spacial score (nSPS) is 19.9. The van der Waals surface area contributed by atoms with Gasteiger partial charge in [-0.1, -0.05) is 6.92 Å². The first-order valence-corrected chi connectivity index (χ1v) is 7.37. The second kappa shape index (κ2) is 5.75. The number of anilines is 1. The second-order valence-electron chi connectivity index (χ2n) is 5.41. The SMILES string of the molecule is CCN1CCN(c2nccc(C(=O)NC3CC3)n2)CC1. The molecular formula is C14H21N5O. The van der Waals surface area contributed by atoms with E-state index in [1.54, 1.807) is 12.3 Å². The summed E-state index contributed by atoms with van der Waals surface area (Å²) in [6, 6.07) is 2.04. The highest BCUT2D eigenvalue weighted by atomic mass is 16.2. The molecule has 1 N–H and O–H groups in total. The zero-order chi connectivity index (χ0) is 13.9. The van der Waals surface area contributed by atoms with Crippen LogP contribution in [0.15, 0.2) is 12.3 Å². The number of nitrogens with zero attached hydrogens (tertiary/aromatic N) is 4. The molecule has 1 aromatic rings. The van der Waals surface area contributed by atoms with Crippen LogP contribution >= 0.6 is 0 Å². The molecule has 1 aliphatic heterocycles. The number of amides is 1. The lowest BCUT2D eigenvalue weighted by molar-refractivity contribution is 0.0946. The van der Waals surface area contributed by atoms with E-state index >= 15 is 0 Å². The van der Waals surface area contributed by atoms with Crippen molar-refractivity contribution in [3.8, 4) is 0 Å². The van der Waals surface area contributed by atoms with Crippen molar-refractivity contribution < 1.29 is 4.79 Å². The van der Waals surface area contributed by atoms with E-state index < -0.39 is 0 Å². The highest BCUT2D eigenvalue weighted by Gasteiger charge is 2.25. The van der Waals surface area contributed by atoms with Crippen molar-refractivity contribution in [2.75, 3.05) is 37.6 Å². The van der Waals surface area contributed by atoms with E-state index in [9.17, 15) is 4.79 Å². The van der Waals surface area contributed by atoms with Gasteiger partial charge in [-0.2, -0.15) is 0 Å². The van der Waals surface area contributed by atoms with Gasteiger partial charge in [-0.05, 0) is 25.5 Å². The van der Waals surface area contributed by atoms with E-state index in [-0.39, 0.29) is 5.91 Å². The molecule has 108 valence electrons. The molecule has 1 saturated carbocycles. The smallest absolute Gasteiger partial charge is 0.270 e. The van der Waals surface area contributed by atoms with Gasteiger partial charge >= 0.3 is 0 Å². The fourth-order valence-electron chi connectivity index (χ4n) is 2.38. The minimum Gasteiger partial charge on any atom is -0.348 e. The molecule has 0 atom stereocenters. The van der Waals surface area contributed by atoms with E-state index in [2.05, 4.69) is 32.0 Å². The molecule has 2 heterocycles. The fourth-order valence-corrected chi connectivity index (χ4v) is 2.38. The van der Waals surface area contributed by atoms with Gasteiger partial charge in [0.2, 0.25) is 5.95 Å². The van der Waals surface area contributed by atoms with Crippen molar-refractivity contribution in [1.82, 2.24) is 20.2 Å². The Labute approximate surface area is 119 Å². The molecule has 0 unspecified atom stereocenters. The molecule has 0 bridgehead atoms. The van der Waals surface area contributed by atoms with E-state index in [0.29, 0.717) is 17.7 Å². The topological polar surface area (TPSA) is 61.4 Å². The average molecular weight is 275 g/mol. The van der Waals surface area contributed by atoms with Gasteiger partial charge in [-0.3, -0.25) is 4.79 Å². The summed E-state index contributed by atoms with van der Waals surface area (Å²) in [5.74, 6) is 0.590. The van der Waals surface area contributed by atoms with Crippen molar-refractivity contribution in [2.24, 2.45) is 0 Å². The minimum atomic E-state index is -0.0802. The largest absolute Gasteiger partial charge is 0.348 e. The number of piperazine rings is 1. The molecule has 2 fully saturated rings. The summed E-state index contributed by atoms with van der Waals surface area (Å²) in [6.45, 7) is 7.15. The summed E-state index contributed by atoms with van der Waals surface area (Å²) in [6.07, 6.45) is 3.85. The maximum Gasteiger partial charge on any atom is 0.270 e. The number of rotatable bonds is 4. The lowest BCUT2D eigenvalue weighted by atomic mass is 10.3. The van der Waals surface area contributed by atoms with Crippen molar-refractivity contribution in [3.05, 3.63) is 18.0 Å². The van der Waals surface area contributed by atoms with Gasteiger partial charge in [-0.25, -0.2) is 9.97 Å². The van der Waals surface area contributed by atoms with Gasteiger partial charge in [0.25, 0.3) is 5.91 Å². The standard InChI is InChI=1S/C14H21N5O/c1-2-18-7-9-19(10-8-18)14-15-6-5-12(17-14)13(20)16-11-3-4-11/h5-6,11H,2-4,7-10H2,1H3,(H,16,20). The van der Waals surface area contributed by atoms with Gasteiger partial charge < -0.3 is 15.1 Å². The van der Waals surface area contributed by atoms with Gasteiger partial charge in [0.05, 0.1) is 0 Å². The Morgan fingerprint density at radius 2 is 2.10 bits per heavy atom. The minimum absolute atomic E-state index is 0.0802. The molecule has 20 heavy (non-hydrogen) atoms. The first-order valence-electron chi connectivity index (χ1n) is 7.37. The first-order chi connectivity index (χ1) is 9.76. The Hall–Kier alpha value is -1.69. The third-order valence-electron chi connectivity index (χ3n) is 3.89. The summed E-state index contributed by atoms with van der Waals surface area (Å²) in [7, 11) is 0. The molecule has 1 saturated heterocycles. The molecule has 2 aliphatic rings. The summed E-state index contributed by atoms with van der Waals surface area (Å²) in [5, 5.41) is 2.96. The Morgan fingerprint density at radius 3 is 2.75 bits per heavy atom. The van der Waals surface area contributed by atoms with E-state index in [1.807, 2.05) is 0 Å². The van der Waals surface area contributed by atoms with Gasteiger partial charge in [0, 0.05) is 38.4 Å². The molecule has 0 radical (unpaired) electrons. The van der Waals surface area contributed by atoms with Gasteiger partial charge in [-0.15, -0.1) is 0 Å². The van der Waals surface area contributed by atoms with E-state index in [4.69, 9.17) is 0 Å². The number of hydrogen-bond donors (Lipinski definition) is 1.